The van der Waals surface area contributed by atoms with Crippen LogP contribution in [-0.2, 0) is 0 Å². The topological polar surface area (TPSA) is 13.1 Å². The molecule has 0 atom stereocenters. The third-order valence-corrected chi connectivity index (χ3v) is 4.59. The SMILES string of the molecule is Cc1cccc2c1oc1c(-c3cccc(C(C)C)c3)cccc12. The number of hydrogen-bond donors (Lipinski definition) is 0. The van der Waals surface area contributed by atoms with E-state index in [4.69, 9.17) is 4.42 Å². The standard InChI is InChI=1S/C22H20O/c1-14(2)16-8-5-9-17(13-16)18-10-6-12-20-19-11-4-7-15(3)21(19)23-22(18)20/h4-14H,1-3H3. The van der Waals surface area contributed by atoms with Crippen LogP contribution in [-0.4, -0.2) is 0 Å². The van der Waals surface area contributed by atoms with E-state index in [0.717, 1.165) is 11.2 Å². The lowest BCUT2D eigenvalue weighted by Crippen LogP contribution is -1.88. The van der Waals surface area contributed by atoms with E-state index >= 15 is 0 Å². The van der Waals surface area contributed by atoms with Gasteiger partial charge in [-0.1, -0.05) is 74.5 Å². The van der Waals surface area contributed by atoms with Crippen LogP contribution in [0.5, 0.6) is 0 Å². The molecule has 0 aliphatic heterocycles. The van der Waals surface area contributed by atoms with E-state index in [1.807, 2.05) is 0 Å². The minimum Gasteiger partial charge on any atom is -0.455 e. The summed E-state index contributed by atoms with van der Waals surface area (Å²) in [4.78, 5) is 0. The van der Waals surface area contributed by atoms with Gasteiger partial charge >= 0.3 is 0 Å². The molecule has 4 rings (SSSR count). The zero-order valence-electron chi connectivity index (χ0n) is 13.8. The Labute approximate surface area is 136 Å². The summed E-state index contributed by atoms with van der Waals surface area (Å²) in [5, 5.41) is 2.39. The van der Waals surface area contributed by atoms with Gasteiger partial charge in [-0.05, 0) is 29.5 Å². The van der Waals surface area contributed by atoms with Gasteiger partial charge in [-0.25, -0.2) is 0 Å². The second-order valence-electron chi connectivity index (χ2n) is 6.52. The van der Waals surface area contributed by atoms with Crippen molar-refractivity contribution >= 4 is 21.9 Å². The van der Waals surface area contributed by atoms with E-state index < -0.39 is 0 Å². The van der Waals surface area contributed by atoms with Gasteiger partial charge in [0.05, 0.1) is 0 Å². The van der Waals surface area contributed by atoms with Crippen molar-refractivity contribution in [2.75, 3.05) is 0 Å². The van der Waals surface area contributed by atoms with Gasteiger partial charge in [0.2, 0.25) is 0 Å². The van der Waals surface area contributed by atoms with E-state index in [1.165, 1.54) is 33.0 Å². The van der Waals surface area contributed by atoms with E-state index in [-0.39, 0.29) is 0 Å². The highest BCUT2D eigenvalue weighted by molar-refractivity contribution is 6.10. The first-order valence-corrected chi connectivity index (χ1v) is 8.16. The molecule has 0 radical (unpaired) electrons. The molecule has 1 heterocycles. The van der Waals surface area contributed by atoms with Crippen molar-refractivity contribution in [2.45, 2.75) is 26.7 Å². The maximum Gasteiger partial charge on any atom is 0.143 e. The van der Waals surface area contributed by atoms with Crippen molar-refractivity contribution < 1.29 is 4.42 Å². The van der Waals surface area contributed by atoms with Crippen LogP contribution in [0, 0.1) is 6.92 Å². The molecule has 114 valence electrons. The summed E-state index contributed by atoms with van der Waals surface area (Å²) < 4.78 is 6.27. The summed E-state index contributed by atoms with van der Waals surface area (Å²) in [7, 11) is 0. The van der Waals surface area contributed by atoms with Gasteiger partial charge in [0.15, 0.2) is 0 Å². The summed E-state index contributed by atoms with van der Waals surface area (Å²) in [6, 6.07) is 21.5. The number of fused-ring (bicyclic) bond motifs is 3. The maximum atomic E-state index is 6.27. The molecule has 0 N–H and O–H groups in total. The van der Waals surface area contributed by atoms with Gasteiger partial charge in [0, 0.05) is 16.3 Å². The molecule has 0 bridgehead atoms. The van der Waals surface area contributed by atoms with Gasteiger partial charge in [-0.3, -0.25) is 0 Å². The third-order valence-electron chi connectivity index (χ3n) is 4.59. The van der Waals surface area contributed by atoms with Crippen LogP contribution in [0.4, 0.5) is 0 Å². The molecule has 0 unspecified atom stereocenters. The third kappa shape index (κ3) is 2.24. The molecule has 1 aromatic heterocycles. The number of furan rings is 1. The van der Waals surface area contributed by atoms with Crippen LogP contribution in [0.15, 0.2) is 65.1 Å². The smallest absolute Gasteiger partial charge is 0.143 e. The number of para-hydroxylation sites is 2. The van der Waals surface area contributed by atoms with Crippen LogP contribution < -0.4 is 0 Å². The molecule has 0 amide bonds. The van der Waals surface area contributed by atoms with Crippen LogP contribution in [0.25, 0.3) is 33.1 Å². The number of hydrogen-bond acceptors (Lipinski definition) is 1. The summed E-state index contributed by atoms with van der Waals surface area (Å²) in [5.74, 6) is 0.520. The highest BCUT2D eigenvalue weighted by atomic mass is 16.3. The molecule has 4 aromatic rings. The molecule has 0 aliphatic rings. The average molecular weight is 300 g/mol. The summed E-state index contributed by atoms with van der Waals surface area (Å²) in [5.41, 5.74) is 6.90. The number of benzene rings is 3. The Balaban J connectivity index is 2.03. The van der Waals surface area contributed by atoms with Crippen molar-refractivity contribution in [3.63, 3.8) is 0 Å². The summed E-state index contributed by atoms with van der Waals surface area (Å²) >= 11 is 0. The molecule has 0 fully saturated rings. The van der Waals surface area contributed by atoms with E-state index in [0.29, 0.717) is 5.92 Å². The first-order chi connectivity index (χ1) is 11.1. The molecule has 0 aliphatic carbocycles. The highest BCUT2D eigenvalue weighted by Crippen LogP contribution is 2.37. The summed E-state index contributed by atoms with van der Waals surface area (Å²) in [6.45, 7) is 6.55. The minimum atomic E-state index is 0.520. The first-order valence-electron chi connectivity index (χ1n) is 8.16. The molecular formula is C22H20O. The van der Waals surface area contributed by atoms with Crippen molar-refractivity contribution in [2.24, 2.45) is 0 Å². The van der Waals surface area contributed by atoms with Crippen LogP contribution in [0.1, 0.15) is 30.9 Å². The first kappa shape index (κ1) is 14.1. The molecule has 1 nitrogen and oxygen atoms in total. The molecule has 0 saturated carbocycles. The fraction of sp³-hybridized carbons (Fsp3) is 0.182. The molecule has 0 spiro atoms. The normalized spacial score (nSPS) is 11.7. The lowest BCUT2D eigenvalue weighted by molar-refractivity contribution is 0.667. The van der Waals surface area contributed by atoms with Crippen molar-refractivity contribution in [1.82, 2.24) is 0 Å². The van der Waals surface area contributed by atoms with Crippen molar-refractivity contribution in [3.8, 4) is 11.1 Å². The van der Waals surface area contributed by atoms with Gasteiger partial charge < -0.3 is 4.42 Å². The Morgan fingerprint density at radius 2 is 1.48 bits per heavy atom. The largest absolute Gasteiger partial charge is 0.455 e. The van der Waals surface area contributed by atoms with Gasteiger partial charge in [0.25, 0.3) is 0 Å². The van der Waals surface area contributed by atoms with E-state index in [2.05, 4.69) is 81.4 Å². The fourth-order valence-electron chi connectivity index (χ4n) is 3.25. The minimum absolute atomic E-state index is 0.520. The van der Waals surface area contributed by atoms with E-state index in [9.17, 15) is 0 Å². The monoisotopic (exact) mass is 300 g/mol. The lowest BCUT2D eigenvalue weighted by Gasteiger charge is -2.08. The van der Waals surface area contributed by atoms with Gasteiger partial charge in [-0.2, -0.15) is 0 Å². The quantitative estimate of drug-likeness (QED) is 0.402. The Morgan fingerprint density at radius 1 is 0.783 bits per heavy atom. The Bertz CT molecular complexity index is 1010. The Hall–Kier alpha value is -2.54. The zero-order valence-corrected chi connectivity index (χ0v) is 13.8. The van der Waals surface area contributed by atoms with Crippen LogP contribution >= 0.6 is 0 Å². The van der Waals surface area contributed by atoms with Crippen LogP contribution in [0.2, 0.25) is 0 Å². The molecule has 1 heteroatoms. The molecule has 0 saturated heterocycles. The zero-order chi connectivity index (χ0) is 16.0. The number of rotatable bonds is 2. The molecular weight excluding hydrogens is 280 g/mol. The van der Waals surface area contributed by atoms with Crippen LogP contribution in [0.3, 0.4) is 0 Å². The molecule has 23 heavy (non-hydrogen) atoms. The fourth-order valence-corrected chi connectivity index (χ4v) is 3.25. The predicted molar refractivity (Wildman–Crippen MR) is 98.0 cm³/mol. The Morgan fingerprint density at radius 3 is 2.26 bits per heavy atom. The van der Waals surface area contributed by atoms with Gasteiger partial charge in [-0.15, -0.1) is 0 Å². The van der Waals surface area contributed by atoms with E-state index in [1.54, 1.807) is 0 Å². The van der Waals surface area contributed by atoms with Gasteiger partial charge in [0.1, 0.15) is 11.2 Å². The average Bonchev–Trinajstić information content (AvgIpc) is 2.95. The second-order valence-corrected chi connectivity index (χ2v) is 6.52. The number of aryl methyl sites for hydroxylation is 1. The van der Waals surface area contributed by atoms with Crippen molar-refractivity contribution in [3.05, 3.63) is 71.8 Å². The maximum absolute atomic E-state index is 6.27. The second kappa shape index (κ2) is 5.27. The highest BCUT2D eigenvalue weighted by Gasteiger charge is 2.13. The molecule has 3 aromatic carbocycles. The Kier molecular flexibility index (Phi) is 3.23. The summed E-state index contributed by atoms with van der Waals surface area (Å²) in [6.07, 6.45) is 0. The predicted octanol–water partition coefficient (Wildman–Crippen LogP) is 6.68. The lowest BCUT2D eigenvalue weighted by atomic mass is 9.96. The van der Waals surface area contributed by atoms with Crippen molar-refractivity contribution in [1.29, 1.82) is 0 Å².